The molecule has 0 N–H and O–H groups in total. The Labute approximate surface area is 142 Å². The van der Waals surface area contributed by atoms with Gasteiger partial charge in [0, 0.05) is 26.2 Å². The molecular formula is C17H15FN2O5. The van der Waals surface area contributed by atoms with Crippen LogP contribution in [0.2, 0.25) is 0 Å². The maximum Gasteiger partial charge on any atom is 0.340 e. The Hall–Kier alpha value is -3.29. The van der Waals surface area contributed by atoms with E-state index in [0.717, 1.165) is 12.1 Å². The topological polar surface area (TPSA) is 89.8 Å². The molecule has 0 atom stereocenters. The second kappa shape index (κ2) is 7.52. The number of Topliss-reactive ketones (excluding diaryl/α,β-unsaturated/α-hetero) is 1. The number of ketones is 1. The first-order valence-corrected chi connectivity index (χ1v) is 7.22. The van der Waals surface area contributed by atoms with Gasteiger partial charge in [-0.3, -0.25) is 14.9 Å². The van der Waals surface area contributed by atoms with Crippen LogP contribution in [0.3, 0.4) is 0 Å². The first-order chi connectivity index (χ1) is 11.8. The van der Waals surface area contributed by atoms with Crippen molar-refractivity contribution < 1.29 is 23.6 Å². The van der Waals surface area contributed by atoms with Gasteiger partial charge in [-0.15, -0.1) is 0 Å². The Kier molecular flexibility index (Phi) is 5.43. The summed E-state index contributed by atoms with van der Waals surface area (Å²) in [5.74, 6) is -2.33. The summed E-state index contributed by atoms with van der Waals surface area (Å²) in [6, 6.07) is 9.08. The van der Waals surface area contributed by atoms with Crippen molar-refractivity contribution in [3.05, 3.63) is 69.5 Å². The molecule has 0 saturated heterocycles. The maximum absolute atomic E-state index is 13.6. The van der Waals surface area contributed by atoms with Crippen LogP contribution >= 0.6 is 0 Å². The van der Waals surface area contributed by atoms with Crippen LogP contribution in [0.1, 0.15) is 20.7 Å². The lowest BCUT2D eigenvalue weighted by Crippen LogP contribution is -2.19. The molecular weight excluding hydrogens is 331 g/mol. The van der Waals surface area contributed by atoms with Crippen LogP contribution in [-0.2, 0) is 4.74 Å². The largest absolute Gasteiger partial charge is 0.454 e. The Morgan fingerprint density at radius 1 is 1.16 bits per heavy atom. The van der Waals surface area contributed by atoms with E-state index < -0.39 is 29.1 Å². The lowest BCUT2D eigenvalue weighted by atomic mass is 10.1. The van der Waals surface area contributed by atoms with Crippen LogP contribution < -0.4 is 4.90 Å². The number of non-ortho nitro benzene ring substituents is 1. The summed E-state index contributed by atoms with van der Waals surface area (Å²) in [5, 5.41) is 10.9. The minimum Gasteiger partial charge on any atom is -0.454 e. The molecule has 0 aliphatic carbocycles. The van der Waals surface area contributed by atoms with Gasteiger partial charge in [0.1, 0.15) is 5.82 Å². The number of benzene rings is 2. The molecule has 0 aromatic heterocycles. The molecule has 0 radical (unpaired) electrons. The minimum atomic E-state index is -0.905. The summed E-state index contributed by atoms with van der Waals surface area (Å²) in [7, 11) is 3.31. The van der Waals surface area contributed by atoms with Gasteiger partial charge in [0.25, 0.3) is 5.69 Å². The van der Waals surface area contributed by atoms with Crippen LogP contribution in [0, 0.1) is 15.9 Å². The van der Waals surface area contributed by atoms with Gasteiger partial charge in [-0.1, -0.05) is 12.1 Å². The van der Waals surface area contributed by atoms with E-state index in [1.165, 1.54) is 30.3 Å². The summed E-state index contributed by atoms with van der Waals surface area (Å²) in [6.45, 7) is -0.671. The number of carbonyl (C=O) groups is 2. The van der Waals surface area contributed by atoms with E-state index in [0.29, 0.717) is 5.69 Å². The third-order valence-corrected chi connectivity index (χ3v) is 3.40. The molecule has 0 aliphatic heterocycles. The molecule has 0 amide bonds. The number of carbonyl (C=O) groups excluding carboxylic acids is 2. The summed E-state index contributed by atoms with van der Waals surface area (Å²) in [4.78, 5) is 36.0. The van der Waals surface area contributed by atoms with E-state index >= 15 is 0 Å². The second-order valence-electron chi connectivity index (χ2n) is 5.33. The highest BCUT2D eigenvalue weighted by molar-refractivity contribution is 6.01. The Morgan fingerprint density at radius 2 is 1.84 bits per heavy atom. The molecule has 0 fully saturated rings. The van der Waals surface area contributed by atoms with Gasteiger partial charge < -0.3 is 9.64 Å². The normalized spacial score (nSPS) is 10.2. The highest BCUT2D eigenvalue weighted by Gasteiger charge is 2.21. The summed E-state index contributed by atoms with van der Waals surface area (Å²) < 4.78 is 18.5. The van der Waals surface area contributed by atoms with E-state index in [4.69, 9.17) is 4.74 Å². The van der Waals surface area contributed by atoms with Crippen LogP contribution in [0.25, 0.3) is 0 Å². The molecule has 8 heteroatoms. The van der Waals surface area contributed by atoms with Crippen molar-refractivity contribution in [1.29, 1.82) is 0 Å². The number of nitro groups is 1. The quantitative estimate of drug-likeness (QED) is 0.346. The van der Waals surface area contributed by atoms with Gasteiger partial charge in [-0.25, -0.2) is 9.18 Å². The fourth-order valence-electron chi connectivity index (χ4n) is 2.17. The van der Waals surface area contributed by atoms with Crippen molar-refractivity contribution in [2.75, 3.05) is 25.6 Å². The van der Waals surface area contributed by atoms with Gasteiger partial charge in [0.15, 0.2) is 6.61 Å². The number of anilines is 1. The van der Waals surface area contributed by atoms with Gasteiger partial charge in [0.05, 0.1) is 21.7 Å². The number of ether oxygens (including phenoxy) is 1. The second-order valence-corrected chi connectivity index (χ2v) is 5.33. The third-order valence-electron chi connectivity index (χ3n) is 3.40. The van der Waals surface area contributed by atoms with Crippen LogP contribution in [0.5, 0.6) is 0 Å². The SMILES string of the molecule is CN(C)c1ccc([N+](=O)[O-])cc1C(=O)OCC(=O)c1ccccc1F. The Balaban J connectivity index is 2.20. The fourth-order valence-corrected chi connectivity index (χ4v) is 2.17. The average molecular weight is 346 g/mol. The summed E-state index contributed by atoms with van der Waals surface area (Å²) in [6.07, 6.45) is 0. The lowest BCUT2D eigenvalue weighted by molar-refractivity contribution is -0.384. The van der Waals surface area contributed by atoms with Crippen molar-refractivity contribution in [1.82, 2.24) is 0 Å². The number of rotatable bonds is 6. The smallest absolute Gasteiger partial charge is 0.340 e. The highest BCUT2D eigenvalue weighted by Crippen LogP contribution is 2.25. The zero-order chi connectivity index (χ0) is 18.6. The molecule has 0 bridgehead atoms. The van der Waals surface area contributed by atoms with E-state index in [1.807, 2.05) is 0 Å². The van der Waals surface area contributed by atoms with Crippen LogP contribution in [0.15, 0.2) is 42.5 Å². The molecule has 2 rings (SSSR count). The molecule has 0 unspecified atom stereocenters. The zero-order valence-electron chi connectivity index (χ0n) is 13.6. The van der Waals surface area contributed by atoms with Crippen molar-refractivity contribution in [2.45, 2.75) is 0 Å². The number of esters is 1. The Morgan fingerprint density at radius 3 is 2.44 bits per heavy atom. The van der Waals surface area contributed by atoms with Gasteiger partial charge in [-0.05, 0) is 18.2 Å². The summed E-state index contributed by atoms with van der Waals surface area (Å²) in [5.41, 5.74) is -0.130. The number of hydrogen-bond donors (Lipinski definition) is 0. The molecule has 0 heterocycles. The minimum absolute atomic E-state index is 0.0551. The van der Waals surface area contributed by atoms with Crippen molar-refractivity contribution >= 4 is 23.1 Å². The zero-order valence-corrected chi connectivity index (χ0v) is 13.6. The van der Waals surface area contributed by atoms with E-state index in [1.54, 1.807) is 19.0 Å². The molecule has 0 aliphatic rings. The maximum atomic E-state index is 13.6. The summed E-state index contributed by atoms with van der Waals surface area (Å²) >= 11 is 0. The van der Waals surface area contributed by atoms with Gasteiger partial charge >= 0.3 is 5.97 Å². The molecule has 2 aromatic carbocycles. The first kappa shape index (κ1) is 18.1. The van der Waals surface area contributed by atoms with Crippen molar-refractivity contribution in [3.63, 3.8) is 0 Å². The molecule has 7 nitrogen and oxygen atoms in total. The average Bonchev–Trinajstić information content (AvgIpc) is 2.59. The molecule has 2 aromatic rings. The highest BCUT2D eigenvalue weighted by atomic mass is 19.1. The standard InChI is InChI=1S/C17H15FN2O5/c1-19(2)15-8-7-11(20(23)24)9-13(15)17(22)25-10-16(21)12-5-3-4-6-14(12)18/h3-9H,10H2,1-2H3. The molecule has 25 heavy (non-hydrogen) atoms. The number of nitrogens with zero attached hydrogens (tertiary/aromatic N) is 2. The van der Waals surface area contributed by atoms with Gasteiger partial charge in [0.2, 0.25) is 5.78 Å². The Bertz CT molecular complexity index is 836. The van der Waals surface area contributed by atoms with Crippen LogP contribution in [-0.4, -0.2) is 37.4 Å². The molecule has 0 spiro atoms. The molecule has 0 saturated carbocycles. The predicted octanol–water partition coefficient (Wildman–Crippen LogP) is 2.84. The third kappa shape index (κ3) is 4.17. The lowest BCUT2D eigenvalue weighted by Gasteiger charge is -2.16. The monoisotopic (exact) mass is 346 g/mol. The van der Waals surface area contributed by atoms with E-state index in [2.05, 4.69) is 0 Å². The first-order valence-electron chi connectivity index (χ1n) is 7.22. The fraction of sp³-hybridized carbons (Fsp3) is 0.176. The molecule has 130 valence electrons. The predicted molar refractivity (Wildman–Crippen MR) is 88.4 cm³/mol. The van der Waals surface area contributed by atoms with Crippen molar-refractivity contribution in [2.24, 2.45) is 0 Å². The van der Waals surface area contributed by atoms with E-state index in [-0.39, 0.29) is 16.8 Å². The van der Waals surface area contributed by atoms with Crippen molar-refractivity contribution in [3.8, 4) is 0 Å². The van der Waals surface area contributed by atoms with E-state index in [9.17, 15) is 24.1 Å². The number of halogens is 1. The van der Waals surface area contributed by atoms with Gasteiger partial charge in [-0.2, -0.15) is 0 Å². The number of hydrogen-bond acceptors (Lipinski definition) is 6. The van der Waals surface area contributed by atoms with Crippen LogP contribution in [0.4, 0.5) is 15.8 Å². The number of nitro benzene ring substituents is 1.